The molecule has 0 radical (unpaired) electrons. The molecule has 0 unspecified atom stereocenters. The van der Waals surface area contributed by atoms with Crippen LogP contribution in [-0.2, 0) is 13.0 Å². The number of aliphatic hydroxyl groups excluding tert-OH is 2. The first-order valence-electron chi connectivity index (χ1n) is 7.14. The third-order valence-electron chi connectivity index (χ3n) is 3.97. The molecule has 0 aliphatic carbocycles. The summed E-state index contributed by atoms with van der Waals surface area (Å²) in [4.78, 5) is 10.4. The molecule has 3 rings (SSSR count). The minimum atomic E-state index is -0.363. The number of aromatic nitrogens is 2. The summed E-state index contributed by atoms with van der Waals surface area (Å²) in [6.45, 7) is 1.36. The summed E-state index contributed by atoms with van der Waals surface area (Å²) in [7, 11) is 0. The van der Waals surface area contributed by atoms with Gasteiger partial charge < -0.3 is 15.1 Å². The molecule has 1 aliphatic rings. The fourth-order valence-electron chi connectivity index (χ4n) is 2.80. The van der Waals surface area contributed by atoms with E-state index in [9.17, 15) is 10.2 Å². The van der Waals surface area contributed by atoms with Crippen LogP contribution in [0, 0.1) is 5.92 Å². The summed E-state index contributed by atoms with van der Waals surface area (Å²) in [5.41, 5.74) is 2.03. The molecule has 0 spiro atoms. The van der Waals surface area contributed by atoms with E-state index in [0.717, 1.165) is 24.3 Å². The molecule has 1 fully saturated rings. The zero-order valence-electron chi connectivity index (χ0n) is 11.8. The van der Waals surface area contributed by atoms with Crippen molar-refractivity contribution in [3.05, 3.63) is 54.0 Å². The fourth-order valence-corrected chi connectivity index (χ4v) is 2.80. The summed E-state index contributed by atoms with van der Waals surface area (Å²) >= 11 is 0. The molecule has 0 saturated carbocycles. The second kappa shape index (κ2) is 6.20. The molecule has 1 aliphatic heterocycles. The van der Waals surface area contributed by atoms with Crippen LogP contribution in [0.25, 0.3) is 0 Å². The average Bonchev–Trinajstić information content (AvgIpc) is 2.89. The van der Waals surface area contributed by atoms with Crippen molar-refractivity contribution >= 4 is 5.82 Å². The first-order chi connectivity index (χ1) is 10.3. The molecule has 2 N–H and O–H groups in total. The van der Waals surface area contributed by atoms with E-state index >= 15 is 0 Å². The third kappa shape index (κ3) is 3.20. The molecular formula is C16H19N3O2. The van der Waals surface area contributed by atoms with Gasteiger partial charge in [-0.2, -0.15) is 0 Å². The number of hydrogen-bond donors (Lipinski definition) is 2. The van der Waals surface area contributed by atoms with Crippen LogP contribution in [0.4, 0.5) is 5.82 Å². The molecular weight excluding hydrogens is 266 g/mol. The standard InChI is InChI=1S/C16H19N3O2/c20-11-13-3-6-18-16(8-13)19-9-14(15(21)10-19)7-12-1-4-17-5-2-12/h1-6,8,14-15,20-21H,7,9-11H2/t14-,15+/m1/s1. The lowest BCUT2D eigenvalue weighted by Gasteiger charge is -2.17. The SMILES string of the molecule is OCc1ccnc(N2C[C@@H](Cc3ccncc3)[C@@H](O)C2)c1. The Morgan fingerprint density at radius 1 is 1.10 bits per heavy atom. The van der Waals surface area contributed by atoms with Gasteiger partial charge in [-0.05, 0) is 41.8 Å². The topological polar surface area (TPSA) is 69.5 Å². The number of β-amino-alcohol motifs (C(OH)–C–C–N with tert-alkyl or cyclic N) is 1. The maximum absolute atomic E-state index is 10.3. The molecule has 110 valence electrons. The van der Waals surface area contributed by atoms with Gasteiger partial charge in [0.1, 0.15) is 5.82 Å². The molecule has 2 aromatic rings. The Bertz CT molecular complexity index is 591. The van der Waals surface area contributed by atoms with Crippen LogP contribution in [0.5, 0.6) is 0 Å². The van der Waals surface area contributed by atoms with Crippen LogP contribution in [0.1, 0.15) is 11.1 Å². The first kappa shape index (κ1) is 14.0. The normalized spacial score (nSPS) is 21.7. The van der Waals surface area contributed by atoms with E-state index in [-0.39, 0.29) is 18.6 Å². The van der Waals surface area contributed by atoms with Crippen LogP contribution < -0.4 is 4.90 Å². The lowest BCUT2D eigenvalue weighted by atomic mass is 9.97. The minimum absolute atomic E-state index is 0.00631. The highest BCUT2D eigenvalue weighted by molar-refractivity contribution is 5.42. The molecule has 0 bridgehead atoms. The van der Waals surface area contributed by atoms with E-state index in [1.54, 1.807) is 24.7 Å². The van der Waals surface area contributed by atoms with Gasteiger partial charge in [0.05, 0.1) is 12.7 Å². The Labute approximate surface area is 123 Å². The lowest BCUT2D eigenvalue weighted by Crippen LogP contribution is -2.22. The summed E-state index contributed by atoms with van der Waals surface area (Å²) in [5, 5.41) is 19.5. The quantitative estimate of drug-likeness (QED) is 0.877. The maximum atomic E-state index is 10.3. The molecule has 3 heterocycles. The van der Waals surface area contributed by atoms with Crippen LogP contribution in [0.2, 0.25) is 0 Å². The monoisotopic (exact) mass is 285 g/mol. The maximum Gasteiger partial charge on any atom is 0.128 e. The molecule has 0 aromatic carbocycles. The highest BCUT2D eigenvalue weighted by Crippen LogP contribution is 2.25. The van der Waals surface area contributed by atoms with Crippen molar-refractivity contribution in [2.75, 3.05) is 18.0 Å². The molecule has 2 aromatic heterocycles. The Morgan fingerprint density at radius 2 is 1.86 bits per heavy atom. The molecule has 5 heteroatoms. The van der Waals surface area contributed by atoms with Gasteiger partial charge in [-0.3, -0.25) is 4.98 Å². The van der Waals surface area contributed by atoms with Crippen LogP contribution >= 0.6 is 0 Å². The highest BCUT2D eigenvalue weighted by Gasteiger charge is 2.32. The van der Waals surface area contributed by atoms with Crippen molar-refractivity contribution < 1.29 is 10.2 Å². The lowest BCUT2D eigenvalue weighted by molar-refractivity contribution is 0.148. The number of aliphatic hydroxyl groups is 2. The smallest absolute Gasteiger partial charge is 0.128 e. The first-order valence-corrected chi connectivity index (χ1v) is 7.14. The molecule has 0 amide bonds. The van der Waals surface area contributed by atoms with E-state index in [2.05, 4.69) is 14.9 Å². The molecule has 1 saturated heterocycles. The summed E-state index contributed by atoms with van der Waals surface area (Å²) in [6, 6.07) is 7.64. The van der Waals surface area contributed by atoms with E-state index < -0.39 is 0 Å². The highest BCUT2D eigenvalue weighted by atomic mass is 16.3. The number of anilines is 1. The number of rotatable bonds is 4. The van der Waals surface area contributed by atoms with Gasteiger partial charge in [-0.1, -0.05) is 0 Å². The Hall–Kier alpha value is -1.98. The van der Waals surface area contributed by atoms with Crippen LogP contribution in [0.3, 0.4) is 0 Å². The van der Waals surface area contributed by atoms with Crippen molar-refractivity contribution in [2.24, 2.45) is 5.92 Å². The summed E-state index contributed by atoms with van der Waals surface area (Å²) < 4.78 is 0. The zero-order chi connectivity index (χ0) is 14.7. The molecule has 5 nitrogen and oxygen atoms in total. The van der Waals surface area contributed by atoms with Gasteiger partial charge in [0.25, 0.3) is 0 Å². The Morgan fingerprint density at radius 3 is 2.62 bits per heavy atom. The summed E-state index contributed by atoms with van der Waals surface area (Å²) in [6.07, 6.45) is 5.72. The van der Waals surface area contributed by atoms with Crippen molar-refractivity contribution in [1.29, 1.82) is 0 Å². The third-order valence-corrected chi connectivity index (χ3v) is 3.97. The van der Waals surface area contributed by atoms with Crippen molar-refractivity contribution in [3.63, 3.8) is 0 Å². The van der Waals surface area contributed by atoms with Gasteiger partial charge in [0, 0.05) is 37.6 Å². The minimum Gasteiger partial charge on any atom is -0.392 e. The Balaban J connectivity index is 1.70. The summed E-state index contributed by atoms with van der Waals surface area (Å²) in [5.74, 6) is 1.00. The van der Waals surface area contributed by atoms with Gasteiger partial charge in [-0.25, -0.2) is 4.98 Å². The van der Waals surface area contributed by atoms with E-state index in [1.807, 2.05) is 18.2 Å². The van der Waals surface area contributed by atoms with Gasteiger partial charge >= 0.3 is 0 Å². The van der Waals surface area contributed by atoms with Crippen LogP contribution in [0.15, 0.2) is 42.9 Å². The van der Waals surface area contributed by atoms with E-state index in [0.29, 0.717) is 6.54 Å². The largest absolute Gasteiger partial charge is 0.392 e. The fraction of sp³-hybridized carbons (Fsp3) is 0.375. The predicted octanol–water partition coefficient (Wildman–Crippen LogP) is 1.01. The number of pyridine rings is 2. The second-order valence-corrected chi connectivity index (χ2v) is 5.47. The van der Waals surface area contributed by atoms with E-state index in [1.165, 1.54) is 5.56 Å². The molecule has 2 atom stereocenters. The molecule has 21 heavy (non-hydrogen) atoms. The van der Waals surface area contributed by atoms with Gasteiger partial charge in [0.2, 0.25) is 0 Å². The predicted molar refractivity (Wildman–Crippen MR) is 79.8 cm³/mol. The van der Waals surface area contributed by atoms with E-state index in [4.69, 9.17) is 0 Å². The van der Waals surface area contributed by atoms with Crippen molar-refractivity contribution in [3.8, 4) is 0 Å². The van der Waals surface area contributed by atoms with Gasteiger partial charge in [-0.15, -0.1) is 0 Å². The average molecular weight is 285 g/mol. The zero-order valence-corrected chi connectivity index (χ0v) is 11.8. The van der Waals surface area contributed by atoms with Gasteiger partial charge in [0.15, 0.2) is 0 Å². The number of nitrogens with zero attached hydrogens (tertiary/aromatic N) is 3. The Kier molecular flexibility index (Phi) is 4.13. The van der Waals surface area contributed by atoms with Crippen molar-refractivity contribution in [1.82, 2.24) is 9.97 Å². The van der Waals surface area contributed by atoms with Crippen LogP contribution in [-0.4, -0.2) is 39.4 Å². The second-order valence-electron chi connectivity index (χ2n) is 5.47. The van der Waals surface area contributed by atoms with Crippen molar-refractivity contribution in [2.45, 2.75) is 19.1 Å². The number of hydrogen-bond acceptors (Lipinski definition) is 5.